The number of rotatable bonds is 9. The third-order valence-electron chi connectivity index (χ3n) is 3.30. The molecule has 20 heavy (non-hydrogen) atoms. The summed E-state index contributed by atoms with van der Waals surface area (Å²) < 4.78 is 32.7. The molecular weight excluding hydrogens is 260 g/mol. The second-order valence-electron chi connectivity index (χ2n) is 5.12. The molecule has 1 rings (SSSR count). The van der Waals surface area contributed by atoms with Crippen LogP contribution in [0.25, 0.3) is 0 Å². The number of benzene rings is 1. The van der Waals surface area contributed by atoms with E-state index in [1.165, 1.54) is 12.1 Å². The van der Waals surface area contributed by atoms with E-state index < -0.39 is 0 Å². The van der Waals surface area contributed by atoms with Crippen LogP contribution in [0.15, 0.2) is 12.1 Å². The highest BCUT2D eigenvalue weighted by molar-refractivity contribution is 5.27. The maximum Gasteiger partial charge on any atom is 0.128 e. The minimum absolute atomic E-state index is 0.208. The molecule has 0 bridgehead atoms. The molecule has 4 heteroatoms. The number of halogens is 2. The number of ether oxygens (including phenoxy) is 1. The molecule has 1 atom stereocenters. The lowest BCUT2D eigenvalue weighted by Gasteiger charge is -2.16. The van der Waals surface area contributed by atoms with E-state index in [1.54, 1.807) is 6.92 Å². The van der Waals surface area contributed by atoms with Gasteiger partial charge < -0.3 is 10.1 Å². The van der Waals surface area contributed by atoms with Crippen molar-refractivity contribution in [2.75, 3.05) is 19.8 Å². The Balaban J connectivity index is 2.32. The van der Waals surface area contributed by atoms with E-state index in [0.717, 1.165) is 32.4 Å². The van der Waals surface area contributed by atoms with Crippen molar-refractivity contribution in [1.29, 1.82) is 0 Å². The number of hydrogen-bond acceptors (Lipinski definition) is 2. The zero-order valence-electron chi connectivity index (χ0n) is 12.6. The lowest BCUT2D eigenvalue weighted by Crippen LogP contribution is -2.22. The van der Waals surface area contributed by atoms with Gasteiger partial charge in [-0.25, -0.2) is 8.78 Å². The van der Waals surface area contributed by atoms with Crippen molar-refractivity contribution in [1.82, 2.24) is 5.32 Å². The van der Waals surface area contributed by atoms with Crippen LogP contribution >= 0.6 is 0 Å². The summed E-state index contributed by atoms with van der Waals surface area (Å²) in [5, 5.41) is 3.19. The molecule has 1 aromatic carbocycles. The Morgan fingerprint density at radius 2 is 1.85 bits per heavy atom. The standard InChI is InChI=1S/C16H25F2NO/c1-4-5-8-20-9-6-7-19-13(3)14-11-15(17)12(2)10-16(14)18/h10-11,13,19H,4-9H2,1-3H3. The van der Waals surface area contributed by atoms with Crippen molar-refractivity contribution in [3.05, 3.63) is 34.9 Å². The lowest BCUT2D eigenvalue weighted by atomic mass is 10.0. The minimum Gasteiger partial charge on any atom is -0.381 e. The van der Waals surface area contributed by atoms with Gasteiger partial charge in [-0.1, -0.05) is 13.3 Å². The maximum absolute atomic E-state index is 13.8. The summed E-state index contributed by atoms with van der Waals surface area (Å²) in [5.74, 6) is -0.721. The molecule has 1 N–H and O–H groups in total. The topological polar surface area (TPSA) is 21.3 Å². The van der Waals surface area contributed by atoms with E-state index in [9.17, 15) is 8.78 Å². The van der Waals surface area contributed by atoms with Crippen LogP contribution in [0, 0.1) is 18.6 Å². The molecule has 0 aliphatic heterocycles. The van der Waals surface area contributed by atoms with Crippen LogP contribution in [0.2, 0.25) is 0 Å². The Morgan fingerprint density at radius 3 is 2.55 bits per heavy atom. The largest absolute Gasteiger partial charge is 0.381 e. The molecule has 0 aliphatic carbocycles. The molecule has 0 heterocycles. The van der Waals surface area contributed by atoms with Gasteiger partial charge in [0.25, 0.3) is 0 Å². The van der Waals surface area contributed by atoms with Gasteiger partial charge in [0.2, 0.25) is 0 Å². The van der Waals surface area contributed by atoms with Crippen molar-refractivity contribution in [2.24, 2.45) is 0 Å². The first-order valence-electron chi connectivity index (χ1n) is 7.33. The zero-order chi connectivity index (χ0) is 15.0. The summed E-state index contributed by atoms with van der Waals surface area (Å²) >= 11 is 0. The summed E-state index contributed by atoms with van der Waals surface area (Å²) in [7, 11) is 0. The van der Waals surface area contributed by atoms with Gasteiger partial charge >= 0.3 is 0 Å². The molecule has 0 aromatic heterocycles. The third kappa shape index (κ3) is 5.55. The second kappa shape index (κ2) is 9.03. The quantitative estimate of drug-likeness (QED) is 0.689. The first kappa shape index (κ1) is 17.1. The highest BCUT2D eigenvalue weighted by atomic mass is 19.1. The molecule has 0 aliphatic rings. The summed E-state index contributed by atoms with van der Waals surface area (Å²) in [4.78, 5) is 0. The van der Waals surface area contributed by atoms with Crippen LogP contribution in [-0.2, 0) is 4.74 Å². The van der Waals surface area contributed by atoms with E-state index in [0.29, 0.717) is 17.7 Å². The molecule has 2 nitrogen and oxygen atoms in total. The maximum atomic E-state index is 13.8. The number of nitrogens with one attached hydrogen (secondary N) is 1. The van der Waals surface area contributed by atoms with Gasteiger partial charge in [0.05, 0.1) is 0 Å². The highest BCUT2D eigenvalue weighted by Gasteiger charge is 2.13. The fraction of sp³-hybridized carbons (Fsp3) is 0.625. The van der Waals surface area contributed by atoms with Gasteiger partial charge in [-0.3, -0.25) is 0 Å². The summed E-state index contributed by atoms with van der Waals surface area (Å²) in [6.45, 7) is 7.75. The SMILES string of the molecule is CCCCOCCCNC(C)c1cc(F)c(C)cc1F. The zero-order valence-corrected chi connectivity index (χ0v) is 12.6. The van der Waals surface area contributed by atoms with Crippen molar-refractivity contribution < 1.29 is 13.5 Å². The average molecular weight is 285 g/mol. The molecule has 114 valence electrons. The molecule has 0 saturated heterocycles. The molecule has 1 aromatic rings. The van der Waals surface area contributed by atoms with Gasteiger partial charge in [0.1, 0.15) is 11.6 Å². The van der Waals surface area contributed by atoms with E-state index in [-0.39, 0.29) is 17.7 Å². The Kier molecular flexibility index (Phi) is 7.70. The molecule has 0 fully saturated rings. The highest BCUT2D eigenvalue weighted by Crippen LogP contribution is 2.20. The Hall–Kier alpha value is -1.00. The van der Waals surface area contributed by atoms with E-state index in [4.69, 9.17) is 4.74 Å². The third-order valence-corrected chi connectivity index (χ3v) is 3.30. The number of hydrogen-bond donors (Lipinski definition) is 1. The monoisotopic (exact) mass is 285 g/mol. The summed E-state index contributed by atoms with van der Waals surface area (Å²) in [6.07, 6.45) is 3.08. The van der Waals surface area contributed by atoms with E-state index in [1.807, 2.05) is 6.92 Å². The molecule has 0 saturated carbocycles. The van der Waals surface area contributed by atoms with Gasteiger partial charge in [-0.05, 0) is 50.9 Å². The average Bonchev–Trinajstić information content (AvgIpc) is 2.41. The van der Waals surface area contributed by atoms with Crippen LogP contribution in [-0.4, -0.2) is 19.8 Å². The predicted octanol–water partition coefficient (Wildman–Crippen LogP) is 4.13. The summed E-state index contributed by atoms with van der Waals surface area (Å²) in [5.41, 5.74) is 0.711. The smallest absolute Gasteiger partial charge is 0.128 e. The molecule has 0 radical (unpaired) electrons. The fourth-order valence-corrected chi connectivity index (χ4v) is 1.94. The fourth-order valence-electron chi connectivity index (χ4n) is 1.94. The van der Waals surface area contributed by atoms with Gasteiger partial charge in [0, 0.05) is 24.8 Å². The van der Waals surface area contributed by atoms with Crippen molar-refractivity contribution >= 4 is 0 Å². The Bertz CT molecular complexity index is 410. The number of unbranched alkanes of at least 4 members (excludes halogenated alkanes) is 1. The first-order valence-corrected chi connectivity index (χ1v) is 7.33. The van der Waals surface area contributed by atoms with E-state index >= 15 is 0 Å². The van der Waals surface area contributed by atoms with Gasteiger partial charge in [-0.15, -0.1) is 0 Å². The van der Waals surface area contributed by atoms with E-state index in [2.05, 4.69) is 12.2 Å². The van der Waals surface area contributed by atoms with Crippen molar-refractivity contribution in [3.8, 4) is 0 Å². The van der Waals surface area contributed by atoms with Crippen molar-refractivity contribution in [2.45, 2.75) is 46.1 Å². The van der Waals surface area contributed by atoms with Crippen LogP contribution in [0.5, 0.6) is 0 Å². The Morgan fingerprint density at radius 1 is 1.15 bits per heavy atom. The first-order chi connectivity index (χ1) is 9.56. The van der Waals surface area contributed by atoms with Crippen LogP contribution in [0.3, 0.4) is 0 Å². The Labute approximate surface area is 120 Å². The minimum atomic E-state index is -0.363. The van der Waals surface area contributed by atoms with Crippen LogP contribution < -0.4 is 5.32 Å². The van der Waals surface area contributed by atoms with Crippen LogP contribution in [0.1, 0.15) is 50.3 Å². The summed E-state index contributed by atoms with van der Waals surface area (Å²) in [6, 6.07) is 2.32. The molecular formula is C16H25F2NO. The number of aryl methyl sites for hydroxylation is 1. The predicted molar refractivity (Wildman–Crippen MR) is 77.9 cm³/mol. The lowest BCUT2D eigenvalue weighted by molar-refractivity contribution is 0.128. The second-order valence-corrected chi connectivity index (χ2v) is 5.12. The molecule has 0 amide bonds. The van der Waals surface area contributed by atoms with Crippen molar-refractivity contribution in [3.63, 3.8) is 0 Å². The van der Waals surface area contributed by atoms with Gasteiger partial charge in [-0.2, -0.15) is 0 Å². The molecule has 1 unspecified atom stereocenters. The normalized spacial score (nSPS) is 12.7. The molecule has 0 spiro atoms. The van der Waals surface area contributed by atoms with Gasteiger partial charge in [0.15, 0.2) is 0 Å². The van der Waals surface area contributed by atoms with Crippen LogP contribution in [0.4, 0.5) is 8.78 Å².